The van der Waals surface area contributed by atoms with Crippen LogP contribution in [0.25, 0.3) is 0 Å². The zero-order valence-corrected chi connectivity index (χ0v) is 11.7. The molecule has 0 radical (unpaired) electrons. The first-order valence-corrected chi connectivity index (χ1v) is 7.60. The highest BCUT2D eigenvalue weighted by Gasteiger charge is 2.16. The third kappa shape index (κ3) is 4.73. The van der Waals surface area contributed by atoms with E-state index >= 15 is 0 Å². The molecule has 0 aromatic heterocycles. The van der Waals surface area contributed by atoms with Crippen molar-refractivity contribution in [1.29, 1.82) is 0 Å². The van der Waals surface area contributed by atoms with E-state index in [0.717, 1.165) is 38.8 Å². The highest BCUT2D eigenvalue weighted by atomic mass is 16.2. The summed E-state index contributed by atoms with van der Waals surface area (Å²) in [7, 11) is 0. The quantitative estimate of drug-likeness (QED) is 0.596. The van der Waals surface area contributed by atoms with Gasteiger partial charge < -0.3 is 16.0 Å². The fourth-order valence-electron chi connectivity index (χ4n) is 2.90. The van der Waals surface area contributed by atoms with Gasteiger partial charge in [-0.2, -0.15) is 0 Å². The van der Waals surface area contributed by atoms with Crippen molar-refractivity contribution in [3.8, 4) is 0 Å². The van der Waals surface area contributed by atoms with Crippen LogP contribution >= 0.6 is 0 Å². The first kappa shape index (κ1) is 14.2. The monoisotopic (exact) mass is 266 g/mol. The number of nitrogens with zero attached hydrogens (tertiary/aromatic N) is 2. The van der Waals surface area contributed by atoms with Crippen LogP contribution < -0.4 is 11.1 Å². The van der Waals surface area contributed by atoms with Gasteiger partial charge in [0.15, 0.2) is 5.96 Å². The second-order valence-corrected chi connectivity index (χ2v) is 5.62. The highest BCUT2D eigenvalue weighted by molar-refractivity contribution is 5.84. The van der Waals surface area contributed by atoms with Crippen molar-refractivity contribution < 1.29 is 4.79 Å². The van der Waals surface area contributed by atoms with Crippen molar-refractivity contribution >= 4 is 11.9 Å². The third-order valence-electron chi connectivity index (χ3n) is 4.05. The van der Waals surface area contributed by atoms with Crippen LogP contribution in [0.3, 0.4) is 0 Å². The van der Waals surface area contributed by atoms with Crippen LogP contribution in [-0.2, 0) is 4.79 Å². The number of carbonyl (C=O) groups excluding carboxylic acids is 1. The summed E-state index contributed by atoms with van der Waals surface area (Å²) in [6, 6.07) is 0.447. The number of hydrogen-bond acceptors (Lipinski definition) is 2. The molecule has 0 bridgehead atoms. The molecule has 0 atom stereocenters. The van der Waals surface area contributed by atoms with Gasteiger partial charge in [-0.1, -0.05) is 19.3 Å². The molecular weight excluding hydrogens is 240 g/mol. The van der Waals surface area contributed by atoms with Crippen LogP contribution in [-0.4, -0.2) is 42.4 Å². The topological polar surface area (TPSA) is 70.7 Å². The number of likely N-dealkylation sites (tertiary alicyclic amines) is 1. The fraction of sp³-hybridized carbons (Fsp3) is 0.857. The number of nitrogens with one attached hydrogen (secondary N) is 1. The first-order valence-electron chi connectivity index (χ1n) is 7.60. The molecule has 108 valence electrons. The van der Waals surface area contributed by atoms with Crippen molar-refractivity contribution in [2.75, 3.05) is 19.6 Å². The summed E-state index contributed by atoms with van der Waals surface area (Å²) in [6.07, 6.45) is 9.64. The Morgan fingerprint density at radius 2 is 1.74 bits per heavy atom. The van der Waals surface area contributed by atoms with Gasteiger partial charge in [0.05, 0.1) is 0 Å². The maximum absolute atomic E-state index is 11.9. The molecule has 1 aliphatic carbocycles. The van der Waals surface area contributed by atoms with E-state index < -0.39 is 0 Å². The molecule has 0 spiro atoms. The van der Waals surface area contributed by atoms with E-state index in [0.29, 0.717) is 12.0 Å². The van der Waals surface area contributed by atoms with Crippen LogP contribution in [0.4, 0.5) is 0 Å². The SMILES string of the molecule is NC(=NCC(=O)N1CCCCC1)NC1CCCCC1. The van der Waals surface area contributed by atoms with Crippen molar-refractivity contribution in [2.24, 2.45) is 10.7 Å². The van der Waals surface area contributed by atoms with Crippen LogP contribution in [0.15, 0.2) is 4.99 Å². The summed E-state index contributed by atoms with van der Waals surface area (Å²) in [5.74, 6) is 0.533. The van der Waals surface area contributed by atoms with Crippen molar-refractivity contribution in [1.82, 2.24) is 10.2 Å². The minimum absolute atomic E-state index is 0.105. The minimum Gasteiger partial charge on any atom is -0.370 e. The van der Waals surface area contributed by atoms with Crippen LogP contribution in [0.1, 0.15) is 51.4 Å². The van der Waals surface area contributed by atoms with Crippen molar-refractivity contribution in [3.63, 3.8) is 0 Å². The second-order valence-electron chi connectivity index (χ2n) is 5.62. The highest BCUT2D eigenvalue weighted by Crippen LogP contribution is 2.17. The molecular formula is C14H26N4O. The molecule has 0 aromatic carbocycles. The lowest BCUT2D eigenvalue weighted by Crippen LogP contribution is -2.42. The predicted octanol–water partition coefficient (Wildman–Crippen LogP) is 1.24. The number of amides is 1. The maximum Gasteiger partial charge on any atom is 0.244 e. The average Bonchev–Trinajstić information content (AvgIpc) is 2.47. The van der Waals surface area contributed by atoms with Gasteiger partial charge in [0.2, 0.25) is 5.91 Å². The van der Waals surface area contributed by atoms with Gasteiger partial charge in [-0.05, 0) is 32.1 Å². The van der Waals surface area contributed by atoms with Gasteiger partial charge in [0.1, 0.15) is 6.54 Å². The smallest absolute Gasteiger partial charge is 0.244 e. The number of aliphatic imine (C=N–C) groups is 1. The molecule has 2 aliphatic rings. The van der Waals surface area contributed by atoms with E-state index in [1.54, 1.807) is 0 Å². The lowest BCUT2D eigenvalue weighted by atomic mass is 9.96. The normalized spacial score (nSPS) is 22.3. The van der Waals surface area contributed by atoms with Crippen LogP contribution in [0.2, 0.25) is 0 Å². The van der Waals surface area contributed by atoms with E-state index in [4.69, 9.17) is 5.73 Å². The van der Waals surface area contributed by atoms with Crippen LogP contribution in [0, 0.1) is 0 Å². The Labute approximate surface area is 115 Å². The molecule has 1 amide bonds. The Balaban J connectivity index is 1.72. The third-order valence-corrected chi connectivity index (χ3v) is 4.05. The Hall–Kier alpha value is -1.26. The molecule has 5 nitrogen and oxygen atoms in total. The fourth-order valence-corrected chi connectivity index (χ4v) is 2.90. The number of rotatable bonds is 3. The maximum atomic E-state index is 11.9. The first-order chi connectivity index (χ1) is 9.25. The number of piperidine rings is 1. The molecule has 1 saturated carbocycles. The molecule has 0 aromatic rings. The van der Waals surface area contributed by atoms with Gasteiger partial charge in [0, 0.05) is 19.1 Å². The molecule has 2 fully saturated rings. The van der Waals surface area contributed by atoms with E-state index in [9.17, 15) is 4.79 Å². The summed E-state index contributed by atoms with van der Waals surface area (Å²) in [5.41, 5.74) is 5.85. The average molecular weight is 266 g/mol. The number of hydrogen-bond donors (Lipinski definition) is 2. The van der Waals surface area contributed by atoms with Crippen LogP contribution in [0.5, 0.6) is 0 Å². The molecule has 3 N–H and O–H groups in total. The van der Waals surface area contributed by atoms with E-state index in [-0.39, 0.29) is 12.5 Å². The van der Waals surface area contributed by atoms with Gasteiger partial charge >= 0.3 is 0 Å². The zero-order valence-electron chi connectivity index (χ0n) is 11.7. The molecule has 1 saturated heterocycles. The lowest BCUT2D eigenvalue weighted by molar-refractivity contribution is -0.130. The predicted molar refractivity (Wildman–Crippen MR) is 76.9 cm³/mol. The van der Waals surface area contributed by atoms with Gasteiger partial charge in [-0.25, -0.2) is 4.99 Å². The summed E-state index contributed by atoms with van der Waals surface area (Å²) in [6.45, 7) is 1.94. The number of carbonyl (C=O) groups is 1. The molecule has 5 heteroatoms. The summed E-state index contributed by atoms with van der Waals surface area (Å²) < 4.78 is 0. The van der Waals surface area contributed by atoms with E-state index in [2.05, 4.69) is 10.3 Å². The van der Waals surface area contributed by atoms with E-state index in [1.165, 1.54) is 25.7 Å². The second kappa shape index (κ2) is 7.36. The Morgan fingerprint density at radius 3 is 2.42 bits per heavy atom. The Kier molecular flexibility index (Phi) is 5.48. The number of guanidine groups is 1. The molecule has 0 unspecified atom stereocenters. The summed E-state index contributed by atoms with van der Waals surface area (Å²) in [4.78, 5) is 18.0. The molecule has 1 heterocycles. The Bertz CT molecular complexity index is 317. The van der Waals surface area contributed by atoms with Gasteiger partial charge in [-0.3, -0.25) is 4.79 Å². The lowest BCUT2D eigenvalue weighted by Gasteiger charge is -2.26. The molecule has 1 aliphatic heterocycles. The zero-order chi connectivity index (χ0) is 13.5. The molecule has 2 rings (SSSR count). The van der Waals surface area contributed by atoms with Crippen molar-refractivity contribution in [2.45, 2.75) is 57.4 Å². The van der Waals surface area contributed by atoms with Crippen molar-refractivity contribution in [3.05, 3.63) is 0 Å². The summed E-state index contributed by atoms with van der Waals surface area (Å²) in [5, 5.41) is 3.23. The van der Waals surface area contributed by atoms with Gasteiger partial charge in [-0.15, -0.1) is 0 Å². The summed E-state index contributed by atoms with van der Waals surface area (Å²) >= 11 is 0. The minimum atomic E-state index is 0.105. The molecule has 19 heavy (non-hydrogen) atoms. The standard InChI is InChI=1S/C14H26N4O/c15-14(17-12-7-3-1-4-8-12)16-11-13(19)18-9-5-2-6-10-18/h12H,1-11H2,(H3,15,16,17). The van der Waals surface area contributed by atoms with Gasteiger partial charge in [0.25, 0.3) is 0 Å². The number of nitrogens with two attached hydrogens (primary N) is 1. The van der Waals surface area contributed by atoms with E-state index in [1.807, 2.05) is 4.90 Å². The largest absolute Gasteiger partial charge is 0.370 e. The Morgan fingerprint density at radius 1 is 1.11 bits per heavy atom.